The number of carboxylic acids is 1. The standard InChI is InChI=1S/C16H24ClNO4S2/c1-16(2,11-15(19)20)12-23-10-4-3-9-18-24(21,22)14-7-5-13(17)6-8-14/h5-8,18H,3-4,9-12H2,1-2H3,(H,19,20). The van der Waals surface area contributed by atoms with Gasteiger partial charge in [-0.2, -0.15) is 11.8 Å². The molecule has 0 unspecified atom stereocenters. The second kappa shape index (κ2) is 9.65. The van der Waals surface area contributed by atoms with Crippen LogP contribution in [0.15, 0.2) is 29.2 Å². The minimum absolute atomic E-state index is 0.154. The first-order valence-electron chi connectivity index (χ1n) is 7.67. The molecule has 1 aromatic carbocycles. The Kier molecular flexibility index (Phi) is 8.56. The normalized spacial score (nSPS) is 12.3. The molecule has 2 N–H and O–H groups in total. The molecule has 136 valence electrons. The predicted octanol–water partition coefficient (Wildman–Crippen LogP) is 3.63. The van der Waals surface area contributed by atoms with Crippen LogP contribution in [0.5, 0.6) is 0 Å². The number of hydrogen-bond acceptors (Lipinski definition) is 4. The number of hydrogen-bond donors (Lipinski definition) is 2. The highest BCUT2D eigenvalue weighted by atomic mass is 35.5. The van der Waals surface area contributed by atoms with Crippen LogP contribution >= 0.6 is 23.4 Å². The van der Waals surface area contributed by atoms with Crippen molar-refractivity contribution in [2.75, 3.05) is 18.1 Å². The van der Waals surface area contributed by atoms with E-state index >= 15 is 0 Å². The first-order chi connectivity index (χ1) is 11.1. The SMILES string of the molecule is CC(C)(CSCCCCNS(=O)(=O)c1ccc(Cl)cc1)CC(=O)O. The number of sulfonamides is 1. The maximum absolute atomic E-state index is 12.1. The summed E-state index contributed by atoms with van der Waals surface area (Å²) in [5.74, 6) is 0.874. The number of aliphatic carboxylic acids is 1. The summed E-state index contributed by atoms with van der Waals surface area (Å²) >= 11 is 7.45. The minimum atomic E-state index is -3.49. The molecule has 1 aromatic rings. The Balaban J connectivity index is 2.22. The number of rotatable bonds is 11. The van der Waals surface area contributed by atoms with Crippen LogP contribution in [0.1, 0.15) is 33.1 Å². The van der Waals surface area contributed by atoms with Crippen molar-refractivity contribution in [1.29, 1.82) is 0 Å². The first-order valence-corrected chi connectivity index (χ1v) is 10.7. The highest BCUT2D eigenvalue weighted by molar-refractivity contribution is 7.99. The molecule has 0 amide bonds. The van der Waals surface area contributed by atoms with E-state index in [0.29, 0.717) is 11.6 Å². The molecule has 0 saturated carbocycles. The number of nitrogens with one attached hydrogen (secondary N) is 1. The van der Waals surface area contributed by atoms with Crippen LogP contribution < -0.4 is 4.72 Å². The number of benzene rings is 1. The fraction of sp³-hybridized carbons (Fsp3) is 0.562. The van der Waals surface area contributed by atoms with Gasteiger partial charge in [-0.25, -0.2) is 13.1 Å². The van der Waals surface area contributed by atoms with E-state index in [-0.39, 0.29) is 16.7 Å². The van der Waals surface area contributed by atoms with Crippen LogP contribution in [0.3, 0.4) is 0 Å². The van der Waals surface area contributed by atoms with Gasteiger partial charge in [-0.15, -0.1) is 0 Å². The molecule has 1 rings (SSSR count). The number of carbonyl (C=O) groups is 1. The van der Waals surface area contributed by atoms with Crippen molar-refractivity contribution in [3.63, 3.8) is 0 Å². The fourth-order valence-electron chi connectivity index (χ4n) is 2.04. The lowest BCUT2D eigenvalue weighted by atomic mass is 9.92. The van der Waals surface area contributed by atoms with Crippen LogP contribution in [0.25, 0.3) is 0 Å². The monoisotopic (exact) mass is 393 g/mol. The van der Waals surface area contributed by atoms with Gasteiger partial charge >= 0.3 is 5.97 Å². The number of halogens is 1. The van der Waals surface area contributed by atoms with Crippen LogP contribution in [0.4, 0.5) is 0 Å². The zero-order valence-electron chi connectivity index (χ0n) is 13.9. The Morgan fingerprint density at radius 2 is 1.88 bits per heavy atom. The first kappa shape index (κ1) is 21.3. The van der Waals surface area contributed by atoms with Gasteiger partial charge < -0.3 is 5.11 Å². The summed E-state index contributed by atoms with van der Waals surface area (Å²) < 4.78 is 26.7. The fourth-order valence-corrected chi connectivity index (χ4v) is 4.45. The van der Waals surface area contributed by atoms with E-state index in [4.69, 9.17) is 16.7 Å². The average Bonchev–Trinajstić information content (AvgIpc) is 2.45. The quantitative estimate of drug-likeness (QED) is 0.561. The van der Waals surface area contributed by atoms with Gasteiger partial charge in [-0.1, -0.05) is 25.4 Å². The summed E-state index contributed by atoms with van der Waals surface area (Å²) in [7, 11) is -3.49. The van der Waals surface area contributed by atoms with Crippen molar-refractivity contribution in [2.24, 2.45) is 5.41 Å². The van der Waals surface area contributed by atoms with E-state index in [9.17, 15) is 13.2 Å². The highest BCUT2D eigenvalue weighted by Gasteiger charge is 2.21. The minimum Gasteiger partial charge on any atom is -0.481 e. The highest BCUT2D eigenvalue weighted by Crippen LogP contribution is 2.26. The molecule has 0 bridgehead atoms. The Morgan fingerprint density at radius 1 is 1.25 bits per heavy atom. The topological polar surface area (TPSA) is 83.5 Å². The molecule has 0 atom stereocenters. The maximum atomic E-state index is 12.1. The molecule has 5 nitrogen and oxygen atoms in total. The third-order valence-corrected chi connectivity index (χ3v) is 6.55. The maximum Gasteiger partial charge on any atom is 0.303 e. The zero-order chi connectivity index (χ0) is 18.2. The molecule has 0 fully saturated rings. The van der Waals surface area contributed by atoms with E-state index in [2.05, 4.69) is 4.72 Å². The van der Waals surface area contributed by atoms with Crippen LogP contribution in [-0.2, 0) is 14.8 Å². The van der Waals surface area contributed by atoms with Gasteiger partial charge in [0.1, 0.15) is 0 Å². The number of unbranched alkanes of at least 4 members (excludes halogenated alkanes) is 1. The van der Waals surface area contributed by atoms with Gasteiger partial charge in [0.15, 0.2) is 0 Å². The molecule has 0 aliphatic rings. The Hall–Kier alpha value is -0.760. The van der Waals surface area contributed by atoms with Crippen molar-refractivity contribution >= 4 is 39.4 Å². The van der Waals surface area contributed by atoms with E-state index in [1.807, 2.05) is 13.8 Å². The lowest BCUT2D eigenvalue weighted by Crippen LogP contribution is -2.24. The molecular weight excluding hydrogens is 370 g/mol. The number of carboxylic acid groups (broad SMARTS) is 1. The van der Waals surface area contributed by atoms with Crippen molar-refractivity contribution in [2.45, 2.75) is 38.0 Å². The van der Waals surface area contributed by atoms with Gasteiger partial charge in [-0.3, -0.25) is 4.79 Å². The van der Waals surface area contributed by atoms with Crippen molar-refractivity contribution < 1.29 is 18.3 Å². The van der Waals surface area contributed by atoms with Gasteiger partial charge in [0.05, 0.1) is 11.3 Å². The second-order valence-electron chi connectivity index (χ2n) is 6.35. The molecule has 0 saturated heterocycles. The van der Waals surface area contributed by atoms with E-state index in [1.165, 1.54) is 12.1 Å². The predicted molar refractivity (Wildman–Crippen MR) is 99.2 cm³/mol. The molecule has 0 aromatic heterocycles. The molecule has 0 radical (unpaired) electrons. The summed E-state index contributed by atoms with van der Waals surface area (Å²) in [6, 6.07) is 6.05. The molecule has 0 heterocycles. The Bertz CT molecular complexity index is 630. The smallest absolute Gasteiger partial charge is 0.303 e. The molecule has 8 heteroatoms. The van der Waals surface area contributed by atoms with Gasteiger partial charge in [0.2, 0.25) is 10.0 Å². The molecule has 0 aliphatic heterocycles. The average molecular weight is 394 g/mol. The molecule has 24 heavy (non-hydrogen) atoms. The third-order valence-electron chi connectivity index (χ3n) is 3.25. The molecular formula is C16H24ClNO4S2. The van der Waals surface area contributed by atoms with Gasteiger partial charge in [0.25, 0.3) is 0 Å². The number of thioether (sulfide) groups is 1. The summed E-state index contributed by atoms with van der Waals surface area (Å²) in [6.07, 6.45) is 1.76. The molecule has 0 aliphatic carbocycles. The van der Waals surface area contributed by atoms with Crippen molar-refractivity contribution in [1.82, 2.24) is 4.72 Å². The summed E-state index contributed by atoms with van der Waals surface area (Å²) in [4.78, 5) is 10.9. The largest absolute Gasteiger partial charge is 0.481 e. The Labute approximate surface area is 153 Å². The van der Waals surface area contributed by atoms with E-state index in [1.54, 1.807) is 23.9 Å². The molecule has 0 spiro atoms. The van der Waals surface area contributed by atoms with Crippen LogP contribution in [0, 0.1) is 5.41 Å². The van der Waals surface area contributed by atoms with Crippen LogP contribution in [-0.4, -0.2) is 37.5 Å². The lowest BCUT2D eigenvalue weighted by molar-refractivity contribution is -0.138. The van der Waals surface area contributed by atoms with Gasteiger partial charge in [-0.05, 0) is 54.0 Å². The van der Waals surface area contributed by atoms with E-state index in [0.717, 1.165) is 24.3 Å². The summed E-state index contributed by atoms with van der Waals surface area (Å²) in [6.45, 7) is 4.26. The summed E-state index contributed by atoms with van der Waals surface area (Å²) in [5.41, 5.74) is -0.229. The van der Waals surface area contributed by atoms with E-state index < -0.39 is 16.0 Å². The Morgan fingerprint density at radius 3 is 2.46 bits per heavy atom. The van der Waals surface area contributed by atoms with Crippen LogP contribution in [0.2, 0.25) is 5.02 Å². The van der Waals surface area contributed by atoms with Gasteiger partial charge in [0, 0.05) is 11.6 Å². The third kappa shape index (κ3) is 8.37. The van der Waals surface area contributed by atoms with Crippen molar-refractivity contribution in [3.8, 4) is 0 Å². The zero-order valence-corrected chi connectivity index (χ0v) is 16.3. The lowest BCUT2D eigenvalue weighted by Gasteiger charge is -2.21. The van der Waals surface area contributed by atoms with Crippen molar-refractivity contribution in [3.05, 3.63) is 29.3 Å². The second-order valence-corrected chi connectivity index (χ2v) is 9.65. The summed E-state index contributed by atoms with van der Waals surface area (Å²) in [5, 5.41) is 9.32.